The molecule has 1 saturated carbocycles. The van der Waals surface area contributed by atoms with E-state index in [2.05, 4.69) is 0 Å². The zero-order valence-corrected chi connectivity index (χ0v) is 8.42. The van der Waals surface area contributed by atoms with Crippen LogP contribution in [0, 0.1) is 0 Å². The molecule has 1 aliphatic rings. The monoisotopic (exact) mass is 201 g/mol. The molecular weight excluding hydrogens is 190 g/mol. The first-order valence-electron chi connectivity index (χ1n) is 4.20. The third-order valence-electron chi connectivity index (χ3n) is 2.43. The number of nitrogens with two attached hydrogens (primary N) is 1. The summed E-state index contributed by atoms with van der Waals surface area (Å²) in [4.78, 5) is 1.29. The Labute approximate surface area is 81.5 Å². The Morgan fingerprint density at radius 1 is 1.58 bits per heavy atom. The molecule has 1 aromatic rings. The number of aryl methyl sites for hydroxylation is 1. The topological polar surface area (TPSA) is 26.0 Å². The van der Waals surface area contributed by atoms with Gasteiger partial charge in [0.2, 0.25) is 0 Å². The standard InChI is InChI=1S/C9H12ClNS/c10-7-2-6-12-8(7)1-3-9(11)4-5-9/h2,6H,1,3-5,11H2. The highest BCUT2D eigenvalue weighted by Gasteiger charge is 2.37. The zero-order chi connectivity index (χ0) is 8.60. The lowest BCUT2D eigenvalue weighted by atomic mass is 10.1. The maximum atomic E-state index is 5.97. The van der Waals surface area contributed by atoms with Gasteiger partial charge in [0.1, 0.15) is 0 Å². The second-order valence-corrected chi connectivity index (χ2v) is 4.96. The van der Waals surface area contributed by atoms with Gasteiger partial charge in [0, 0.05) is 10.4 Å². The number of hydrogen-bond donors (Lipinski definition) is 1. The molecule has 3 heteroatoms. The smallest absolute Gasteiger partial charge is 0.0544 e. The first kappa shape index (κ1) is 8.54. The average Bonchev–Trinajstić information content (AvgIpc) is 2.61. The Kier molecular flexibility index (Phi) is 2.15. The fraction of sp³-hybridized carbons (Fsp3) is 0.556. The molecule has 2 N–H and O–H groups in total. The maximum absolute atomic E-state index is 5.97. The number of halogens is 1. The lowest BCUT2D eigenvalue weighted by molar-refractivity contribution is 0.612. The van der Waals surface area contributed by atoms with E-state index in [1.54, 1.807) is 11.3 Å². The molecule has 1 aliphatic carbocycles. The van der Waals surface area contributed by atoms with E-state index in [-0.39, 0.29) is 5.54 Å². The predicted octanol–water partition coefficient (Wildman–Crippen LogP) is 2.83. The van der Waals surface area contributed by atoms with Gasteiger partial charge >= 0.3 is 0 Å². The molecule has 12 heavy (non-hydrogen) atoms. The highest BCUT2D eigenvalue weighted by atomic mass is 35.5. The molecule has 1 heterocycles. The molecule has 0 aromatic carbocycles. The van der Waals surface area contributed by atoms with Gasteiger partial charge in [-0.1, -0.05) is 11.6 Å². The minimum atomic E-state index is 0.160. The molecule has 0 bridgehead atoms. The summed E-state index contributed by atoms with van der Waals surface area (Å²) >= 11 is 7.69. The Bertz CT molecular complexity index is 278. The quantitative estimate of drug-likeness (QED) is 0.800. The maximum Gasteiger partial charge on any atom is 0.0544 e. The summed E-state index contributed by atoms with van der Waals surface area (Å²) in [5, 5.41) is 2.94. The summed E-state index contributed by atoms with van der Waals surface area (Å²) in [6.07, 6.45) is 4.52. The van der Waals surface area contributed by atoms with Crippen molar-refractivity contribution in [3.63, 3.8) is 0 Å². The number of rotatable bonds is 3. The molecule has 1 fully saturated rings. The first-order valence-corrected chi connectivity index (χ1v) is 5.46. The second-order valence-electron chi connectivity index (χ2n) is 3.55. The molecule has 66 valence electrons. The van der Waals surface area contributed by atoms with Gasteiger partial charge in [0.25, 0.3) is 0 Å². The van der Waals surface area contributed by atoms with Crippen molar-refractivity contribution in [3.8, 4) is 0 Å². The molecule has 0 aliphatic heterocycles. The molecule has 2 rings (SSSR count). The summed E-state index contributed by atoms with van der Waals surface area (Å²) in [6.45, 7) is 0. The normalized spacial score (nSPS) is 19.5. The number of thiophene rings is 1. The summed E-state index contributed by atoms with van der Waals surface area (Å²) < 4.78 is 0. The summed E-state index contributed by atoms with van der Waals surface area (Å²) in [5.41, 5.74) is 6.13. The van der Waals surface area contributed by atoms with Crippen molar-refractivity contribution in [1.29, 1.82) is 0 Å². The van der Waals surface area contributed by atoms with Crippen LogP contribution >= 0.6 is 22.9 Å². The second kappa shape index (κ2) is 3.02. The molecule has 0 spiro atoms. The van der Waals surface area contributed by atoms with Gasteiger partial charge in [-0.25, -0.2) is 0 Å². The van der Waals surface area contributed by atoms with Gasteiger partial charge in [-0.2, -0.15) is 0 Å². The molecule has 0 saturated heterocycles. The summed E-state index contributed by atoms with van der Waals surface area (Å²) in [5.74, 6) is 0. The van der Waals surface area contributed by atoms with Crippen molar-refractivity contribution < 1.29 is 0 Å². The third kappa shape index (κ3) is 1.82. The van der Waals surface area contributed by atoms with Crippen molar-refractivity contribution >= 4 is 22.9 Å². The molecule has 0 atom stereocenters. The number of hydrogen-bond acceptors (Lipinski definition) is 2. The van der Waals surface area contributed by atoms with Crippen molar-refractivity contribution in [3.05, 3.63) is 21.3 Å². The van der Waals surface area contributed by atoms with Crippen LogP contribution in [-0.4, -0.2) is 5.54 Å². The van der Waals surface area contributed by atoms with Gasteiger partial charge in [0.05, 0.1) is 5.02 Å². The van der Waals surface area contributed by atoms with Gasteiger partial charge in [-0.05, 0) is 37.1 Å². The van der Waals surface area contributed by atoms with Crippen LogP contribution in [0.3, 0.4) is 0 Å². The van der Waals surface area contributed by atoms with E-state index in [0.29, 0.717) is 0 Å². The van der Waals surface area contributed by atoms with Crippen LogP contribution in [0.2, 0.25) is 5.02 Å². The minimum Gasteiger partial charge on any atom is -0.325 e. The van der Waals surface area contributed by atoms with Crippen LogP contribution in [0.1, 0.15) is 24.1 Å². The van der Waals surface area contributed by atoms with E-state index >= 15 is 0 Å². The Morgan fingerprint density at radius 3 is 2.83 bits per heavy atom. The predicted molar refractivity (Wildman–Crippen MR) is 53.8 cm³/mol. The molecule has 0 radical (unpaired) electrons. The van der Waals surface area contributed by atoms with Gasteiger partial charge in [-0.3, -0.25) is 0 Å². The van der Waals surface area contributed by atoms with E-state index in [1.165, 1.54) is 17.7 Å². The van der Waals surface area contributed by atoms with Crippen LogP contribution in [0.4, 0.5) is 0 Å². The third-order valence-corrected chi connectivity index (χ3v) is 3.88. The lowest BCUT2D eigenvalue weighted by Crippen LogP contribution is -2.21. The van der Waals surface area contributed by atoms with Crippen LogP contribution < -0.4 is 5.73 Å². The molecule has 0 amide bonds. The molecular formula is C9H12ClNS. The molecule has 1 aromatic heterocycles. The Balaban J connectivity index is 1.91. The lowest BCUT2D eigenvalue weighted by Gasteiger charge is -2.06. The fourth-order valence-electron chi connectivity index (χ4n) is 1.28. The van der Waals surface area contributed by atoms with E-state index in [0.717, 1.165) is 17.9 Å². The SMILES string of the molecule is NC1(CCc2sccc2Cl)CC1. The van der Waals surface area contributed by atoms with Crippen molar-refractivity contribution in [2.75, 3.05) is 0 Å². The van der Waals surface area contributed by atoms with Crippen LogP contribution in [0.15, 0.2) is 11.4 Å². The minimum absolute atomic E-state index is 0.160. The van der Waals surface area contributed by atoms with Crippen molar-refractivity contribution in [2.45, 2.75) is 31.2 Å². The van der Waals surface area contributed by atoms with Crippen molar-refractivity contribution in [2.24, 2.45) is 5.73 Å². The highest BCUT2D eigenvalue weighted by molar-refractivity contribution is 7.10. The van der Waals surface area contributed by atoms with E-state index in [1.807, 2.05) is 11.4 Å². The van der Waals surface area contributed by atoms with Gasteiger partial charge in [0.15, 0.2) is 0 Å². The van der Waals surface area contributed by atoms with Crippen LogP contribution in [0.5, 0.6) is 0 Å². The Morgan fingerprint density at radius 2 is 2.33 bits per heavy atom. The summed E-state index contributed by atoms with van der Waals surface area (Å²) in [6, 6.07) is 1.96. The zero-order valence-electron chi connectivity index (χ0n) is 6.85. The molecule has 1 nitrogen and oxygen atoms in total. The van der Waals surface area contributed by atoms with Crippen LogP contribution in [0.25, 0.3) is 0 Å². The highest BCUT2D eigenvalue weighted by Crippen LogP contribution is 2.37. The average molecular weight is 202 g/mol. The van der Waals surface area contributed by atoms with Gasteiger partial charge in [-0.15, -0.1) is 11.3 Å². The van der Waals surface area contributed by atoms with E-state index in [9.17, 15) is 0 Å². The van der Waals surface area contributed by atoms with Gasteiger partial charge < -0.3 is 5.73 Å². The first-order chi connectivity index (χ1) is 5.70. The summed E-state index contributed by atoms with van der Waals surface area (Å²) in [7, 11) is 0. The molecule has 0 unspecified atom stereocenters. The Hall–Kier alpha value is -0.0500. The van der Waals surface area contributed by atoms with E-state index in [4.69, 9.17) is 17.3 Å². The van der Waals surface area contributed by atoms with Crippen molar-refractivity contribution in [1.82, 2.24) is 0 Å². The largest absolute Gasteiger partial charge is 0.325 e. The van der Waals surface area contributed by atoms with Crippen LogP contribution in [-0.2, 0) is 6.42 Å². The fourth-order valence-corrected chi connectivity index (χ4v) is 2.41. The van der Waals surface area contributed by atoms with E-state index < -0.39 is 0 Å².